The van der Waals surface area contributed by atoms with Crippen LogP contribution in [-0.4, -0.2) is 22.7 Å². The van der Waals surface area contributed by atoms with Gasteiger partial charge in [-0.2, -0.15) is 0 Å². The van der Waals surface area contributed by atoms with Crippen LogP contribution < -0.4 is 10.5 Å². The molecule has 0 aliphatic heterocycles. The normalized spacial score (nSPS) is 10.4. The summed E-state index contributed by atoms with van der Waals surface area (Å²) in [6, 6.07) is 7.38. The molecule has 1 aromatic carbocycles. The molecule has 5 nitrogen and oxygen atoms in total. The van der Waals surface area contributed by atoms with Crippen molar-refractivity contribution in [3.63, 3.8) is 0 Å². The van der Waals surface area contributed by atoms with E-state index in [-0.39, 0.29) is 12.4 Å². The molecule has 2 aromatic rings. The second kappa shape index (κ2) is 3.47. The van der Waals surface area contributed by atoms with E-state index in [1.165, 1.54) is 0 Å². The lowest BCUT2D eigenvalue weighted by Gasteiger charge is -1.97. The Morgan fingerprint density at radius 2 is 2.29 bits per heavy atom. The second-order valence-corrected chi connectivity index (χ2v) is 2.75. The van der Waals surface area contributed by atoms with Gasteiger partial charge in [0.2, 0.25) is 5.88 Å². The third-order valence-corrected chi connectivity index (χ3v) is 1.81. The van der Waals surface area contributed by atoms with E-state index < -0.39 is 5.97 Å². The lowest BCUT2D eigenvalue weighted by Crippen LogP contribution is -2.19. The van der Waals surface area contributed by atoms with E-state index in [2.05, 4.69) is 10.2 Å². The standard InChI is InChI=1S/C9H9N3O2/c10-5-8(13)14-9-6-3-1-2-4-7(6)11-12-9/h1-4H,5,10H2,(H,11,12). The van der Waals surface area contributed by atoms with Gasteiger partial charge in [0.15, 0.2) is 0 Å². The smallest absolute Gasteiger partial charge is 0.326 e. The number of carbonyl (C=O) groups is 1. The summed E-state index contributed by atoms with van der Waals surface area (Å²) in [5.74, 6) is -0.224. The predicted molar refractivity (Wildman–Crippen MR) is 50.8 cm³/mol. The molecule has 5 heteroatoms. The van der Waals surface area contributed by atoms with Gasteiger partial charge in [-0.05, 0) is 12.1 Å². The lowest BCUT2D eigenvalue weighted by atomic mass is 10.2. The third-order valence-electron chi connectivity index (χ3n) is 1.81. The summed E-state index contributed by atoms with van der Waals surface area (Å²) in [5, 5.41) is 7.38. The number of nitrogens with one attached hydrogen (secondary N) is 1. The first-order valence-corrected chi connectivity index (χ1v) is 4.15. The van der Waals surface area contributed by atoms with Gasteiger partial charge in [0.1, 0.15) is 0 Å². The number of hydrogen-bond donors (Lipinski definition) is 2. The maximum atomic E-state index is 10.9. The second-order valence-electron chi connectivity index (χ2n) is 2.75. The van der Waals surface area contributed by atoms with E-state index in [1.807, 2.05) is 24.3 Å². The summed E-state index contributed by atoms with van der Waals surface area (Å²) in [6.45, 7) is -0.152. The van der Waals surface area contributed by atoms with E-state index in [0.29, 0.717) is 0 Å². The van der Waals surface area contributed by atoms with Crippen LogP contribution in [0.1, 0.15) is 0 Å². The molecule has 3 N–H and O–H groups in total. The summed E-state index contributed by atoms with van der Waals surface area (Å²) in [6.07, 6.45) is 0. The Kier molecular flexibility index (Phi) is 2.16. The van der Waals surface area contributed by atoms with E-state index >= 15 is 0 Å². The van der Waals surface area contributed by atoms with E-state index in [9.17, 15) is 4.79 Å². The number of hydrogen-bond acceptors (Lipinski definition) is 4. The summed E-state index contributed by atoms with van der Waals surface area (Å²) in [4.78, 5) is 10.9. The van der Waals surface area contributed by atoms with Gasteiger partial charge < -0.3 is 10.5 Å². The number of benzene rings is 1. The summed E-state index contributed by atoms with van der Waals surface area (Å²) < 4.78 is 4.91. The molecule has 0 spiro atoms. The van der Waals surface area contributed by atoms with Gasteiger partial charge in [-0.1, -0.05) is 12.1 Å². The molecule has 1 heterocycles. The molecular weight excluding hydrogens is 182 g/mol. The van der Waals surface area contributed by atoms with Crippen molar-refractivity contribution >= 4 is 16.9 Å². The molecule has 2 rings (SSSR count). The van der Waals surface area contributed by atoms with Crippen LogP contribution in [0, 0.1) is 0 Å². The van der Waals surface area contributed by atoms with Crippen LogP contribution in [0.15, 0.2) is 24.3 Å². The van der Waals surface area contributed by atoms with Crippen molar-refractivity contribution in [1.82, 2.24) is 10.2 Å². The first kappa shape index (κ1) is 8.71. The van der Waals surface area contributed by atoms with Crippen molar-refractivity contribution in [3.05, 3.63) is 24.3 Å². The topological polar surface area (TPSA) is 81.0 Å². The van der Waals surface area contributed by atoms with Crippen LogP contribution in [0.2, 0.25) is 0 Å². The summed E-state index contributed by atoms with van der Waals surface area (Å²) >= 11 is 0. The number of aromatic amines is 1. The number of carbonyl (C=O) groups excluding carboxylic acids is 1. The molecule has 0 aliphatic carbocycles. The van der Waals surface area contributed by atoms with Crippen LogP contribution in [0.3, 0.4) is 0 Å². The predicted octanol–water partition coefficient (Wildman–Crippen LogP) is 0.427. The van der Waals surface area contributed by atoms with Crippen molar-refractivity contribution in [1.29, 1.82) is 0 Å². The Balaban J connectivity index is 2.38. The van der Waals surface area contributed by atoms with Gasteiger partial charge in [0, 0.05) is 0 Å². The Labute approximate surface area is 79.9 Å². The Morgan fingerprint density at radius 1 is 1.50 bits per heavy atom. The first-order valence-electron chi connectivity index (χ1n) is 4.15. The van der Waals surface area contributed by atoms with Crippen molar-refractivity contribution in [3.8, 4) is 5.88 Å². The quantitative estimate of drug-likeness (QED) is 0.674. The molecule has 0 radical (unpaired) electrons. The maximum Gasteiger partial charge on any atom is 0.326 e. The van der Waals surface area contributed by atoms with Crippen LogP contribution in [0.5, 0.6) is 5.88 Å². The Morgan fingerprint density at radius 3 is 3.07 bits per heavy atom. The largest absolute Gasteiger partial charge is 0.404 e. The van der Waals surface area contributed by atoms with Gasteiger partial charge in [-0.15, -0.1) is 5.10 Å². The molecular formula is C9H9N3O2. The molecule has 0 aliphatic rings. The van der Waals surface area contributed by atoms with Gasteiger partial charge in [0.05, 0.1) is 17.4 Å². The number of nitrogens with zero attached hydrogens (tertiary/aromatic N) is 1. The third kappa shape index (κ3) is 1.45. The molecule has 14 heavy (non-hydrogen) atoms. The molecule has 0 saturated heterocycles. The number of esters is 1. The highest BCUT2D eigenvalue weighted by molar-refractivity contribution is 5.86. The van der Waals surface area contributed by atoms with Crippen LogP contribution in [0.25, 0.3) is 10.9 Å². The van der Waals surface area contributed by atoms with Gasteiger partial charge >= 0.3 is 5.97 Å². The molecule has 1 aromatic heterocycles. The minimum atomic E-state index is -0.498. The van der Waals surface area contributed by atoms with Crippen molar-refractivity contribution in [2.24, 2.45) is 5.73 Å². The fraction of sp³-hybridized carbons (Fsp3) is 0.111. The average molecular weight is 191 g/mol. The highest BCUT2D eigenvalue weighted by Crippen LogP contribution is 2.21. The van der Waals surface area contributed by atoms with Gasteiger partial charge in [-0.3, -0.25) is 9.89 Å². The SMILES string of the molecule is NCC(=O)Oc1n[nH]c2ccccc12. The summed E-state index contributed by atoms with van der Waals surface area (Å²) in [7, 11) is 0. The molecule has 0 amide bonds. The minimum absolute atomic E-state index is 0.152. The number of fused-ring (bicyclic) bond motifs is 1. The van der Waals surface area contributed by atoms with Crippen LogP contribution in [-0.2, 0) is 4.79 Å². The summed E-state index contributed by atoms with van der Waals surface area (Å²) in [5.41, 5.74) is 5.95. The van der Waals surface area contributed by atoms with Crippen molar-refractivity contribution in [2.75, 3.05) is 6.54 Å². The lowest BCUT2D eigenvalue weighted by molar-refractivity contribution is -0.132. The number of ether oxygens (including phenoxy) is 1. The number of aromatic nitrogens is 2. The van der Waals surface area contributed by atoms with E-state index in [1.54, 1.807) is 0 Å². The van der Waals surface area contributed by atoms with Gasteiger partial charge in [0.25, 0.3) is 0 Å². The molecule has 0 bridgehead atoms. The first-order chi connectivity index (χ1) is 6.81. The number of rotatable bonds is 2. The minimum Gasteiger partial charge on any atom is -0.404 e. The van der Waals surface area contributed by atoms with Crippen LogP contribution in [0.4, 0.5) is 0 Å². The Hall–Kier alpha value is -1.88. The average Bonchev–Trinajstić information content (AvgIpc) is 2.62. The zero-order valence-electron chi connectivity index (χ0n) is 7.36. The fourth-order valence-corrected chi connectivity index (χ4v) is 1.17. The number of nitrogens with two attached hydrogens (primary N) is 1. The van der Waals surface area contributed by atoms with Gasteiger partial charge in [-0.25, -0.2) is 0 Å². The highest BCUT2D eigenvalue weighted by atomic mass is 16.5. The molecule has 0 saturated carbocycles. The fourth-order valence-electron chi connectivity index (χ4n) is 1.17. The molecule has 0 fully saturated rings. The molecule has 0 unspecified atom stereocenters. The molecule has 0 atom stereocenters. The van der Waals surface area contributed by atoms with Crippen molar-refractivity contribution < 1.29 is 9.53 Å². The van der Waals surface area contributed by atoms with Crippen molar-refractivity contribution in [2.45, 2.75) is 0 Å². The highest BCUT2D eigenvalue weighted by Gasteiger charge is 2.09. The van der Waals surface area contributed by atoms with E-state index in [4.69, 9.17) is 10.5 Å². The zero-order chi connectivity index (χ0) is 9.97. The monoisotopic (exact) mass is 191 g/mol. The zero-order valence-corrected chi connectivity index (χ0v) is 7.36. The Bertz CT molecular complexity index is 464. The maximum absolute atomic E-state index is 10.9. The van der Waals surface area contributed by atoms with E-state index in [0.717, 1.165) is 10.9 Å². The number of H-pyrrole nitrogens is 1. The molecule has 72 valence electrons. The number of para-hydroxylation sites is 1. The van der Waals surface area contributed by atoms with Crippen LogP contribution >= 0.6 is 0 Å².